The molecule has 1 fully saturated rings. The minimum Gasteiger partial charge on any atom is -0.379 e. The fourth-order valence-electron chi connectivity index (χ4n) is 3.07. The smallest absolute Gasteiger partial charge is 0.154 e. The summed E-state index contributed by atoms with van der Waals surface area (Å²) in [7, 11) is 0. The predicted molar refractivity (Wildman–Crippen MR) is 133 cm³/mol. The average Bonchev–Trinajstić information content (AvgIpc) is 2.78. The van der Waals surface area contributed by atoms with Gasteiger partial charge in [0.1, 0.15) is 0 Å². The summed E-state index contributed by atoms with van der Waals surface area (Å²) < 4.78 is 0. The Morgan fingerprint density at radius 2 is 1.47 bits per heavy atom. The molecule has 164 valence electrons. The molecule has 0 aromatic heterocycles. The van der Waals surface area contributed by atoms with Crippen LogP contribution in [0.4, 0.5) is 0 Å². The number of rotatable bonds is 7. The van der Waals surface area contributed by atoms with E-state index in [1.165, 1.54) is 45.3 Å². The summed E-state index contributed by atoms with van der Waals surface area (Å²) in [5.41, 5.74) is 13.5. The first-order valence-corrected chi connectivity index (χ1v) is 12.1. The first-order chi connectivity index (χ1) is 14.6. The fraction of sp³-hybridized carbons (Fsp3) is 0.435. The van der Waals surface area contributed by atoms with Gasteiger partial charge in [0.05, 0.1) is 6.54 Å². The van der Waals surface area contributed by atoms with Crippen LogP contribution in [-0.4, -0.2) is 35.5 Å². The van der Waals surface area contributed by atoms with Gasteiger partial charge in [0.15, 0.2) is 5.17 Å². The summed E-state index contributed by atoms with van der Waals surface area (Å²) in [6.45, 7) is 4.94. The Kier molecular flexibility index (Phi) is 12.3. The molecule has 1 heterocycles. The van der Waals surface area contributed by atoms with Crippen LogP contribution >= 0.6 is 35.0 Å². The summed E-state index contributed by atoms with van der Waals surface area (Å²) in [6.07, 6.45) is 5.30. The van der Waals surface area contributed by atoms with Gasteiger partial charge in [-0.15, -0.1) is 0 Å². The third-order valence-corrected chi connectivity index (χ3v) is 6.22. The Bertz CT molecular complexity index is 745. The van der Waals surface area contributed by atoms with Crippen molar-refractivity contribution in [1.29, 1.82) is 0 Å². The predicted octanol–water partition coefficient (Wildman–Crippen LogP) is 5.56. The van der Waals surface area contributed by atoms with Crippen molar-refractivity contribution in [2.24, 2.45) is 16.5 Å². The molecule has 2 aromatic carbocycles. The molecule has 2 aromatic rings. The van der Waals surface area contributed by atoms with E-state index in [1.807, 2.05) is 48.5 Å². The third-order valence-electron chi connectivity index (χ3n) is 4.80. The number of thioether (sulfide) groups is 1. The number of aliphatic imine (C=N–C) groups is 1. The number of halogens is 2. The van der Waals surface area contributed by atoms with Gasteiger partial charge in [-0.2, -0.15) is 0 Å². The van der Waals surface area contributed by atoms with Crippen molar-refractivity contribution in [3.63, 3.8) is 0 Å². The number of nitrogens with two attached hydrogens (primary N) is 2. The molecule has 7 heteroatoms. The molecule has 1 aliphatic rings. The van der Waals surface area contributed by atoms with E-state index in [4.69, 9.17) is 34.7 Å². The second kappa shape index (κ2) is 14.7. The lowest BCUT2D eigenvalue weighted by Crippen LogP contribution is -2.30. The molecule has 4 N–H and O–H groups in total. The highest BCUT2D eigenvalue weighted by Crippen LogP contribution is 2.13. The van der Waals surface area contributed by atoms with Gasteiger partial charge in [-0.05, 0) is 74.3 Å². The lowest BCUT2D eigenvalue weighted by atomic mass is 10.1. The highest BCUT2D eigenvalue weighted by atomic mass is 35.5. The normalized spacial score (nSPS) is 14.8. The van der Waals surface area contributed by atoms with Crippen LogP contribution in [0.1, 0.15) is 36.8 Å². The van der Waals surface area contributed by atoms with E-state index in [-0.39, 0.29) is 0 Å². The number of hydrogen-bond donors (Lipinski definition) is 2. The SMILES string of the molecule is NC(=NCc1ccc(Cl)cc1)SCCCN1CCCCC1.NCc1ccc(Cl)cc1. The lowest BCUT2D eigenvalue weighted by molar-refractivity contribution is 0.230. The Morgan fingerprint density at radius 3 is 2.03 bits per heavy atom. The van der Waals surface area contributed by atoms with Crippen molar-refractivity contribution in [2.45, 2.75) is 38.8 Å². The molecule has 0 radical (unpaired) electrons. The Morgan fingerprint density at radius 1 is 0.900 bits per heavy atom. The molecule has 1 saturated heterocycles. The molecular weight excluding hydrogens is 435 g/mol. The molecule has 0 amide bonds. The quantitative estimate of drug-likeness (QED) is 0.318. The molecule has 4 nitrogen and oxygen atoms in total. The van der Waals surface area contributed by atoms with Gasteiger partial charge >= 0.3 is 0 Å². The van der Waals surface area contributed by atoms with Crippen molar-refractivity contribution < 1.29 is 0 Å². The monoisotopic (exact) mass is 466 g/mol. The Hall–Kier alpha value is -1.24. The van der Waals surface area contributed by atoms with Crippen LogP contribution in [0.2, 0.25) is 10.0 Å². The lowest BCUT2D eigenvalue weighted by Gasteiger charge is -2.26. The number of hydrogen-bond acceptors (Lipinski definition) is 4. The fourth-order valence-corrected chi connectivity index (χ4v) is 3.96. The van der Waals surface area contributed by atoms with Gasteiger partial charge in [0.2, 0.25) is 0 Å². The van der Waals surface area contributed by atoms with E-state index in [0.29, 0.717) is 18.3 Å². The molecular formula is C23H32Cl2N4S. The molecule has 0 spiro atoms. The van der Waals surface area contributed by atoms with E-state index in [9.17, 15) is 0 Å². The molecule has 0 aliphatic carbocycles. The molecule has 30 heavy (non-hydrogen) atoms. The van der Waals surface area contributed by atoms with Gasteiger partial charge in [0.25, 0.3) is 0 Å². The Labute approximate surface area is 195 Å². The van der Waals surface area contributed by atoms with Gasteiger partial charge in [0, 0.05) is 22.3 Å². The summed E-state index contributed by atoms with van der Waals surface area (Å²) in [5.74, 6) is 1.05. The number of benzene rings is 2. The number of likely N-dealkylation sites (tertiary alicyclic amines) is 1. The first-order valence-electron chi connectivity index (χ1n) is 10.4. The maximum absolute atomic E-state index is 5.94. The molecule has 0 atom stereocenters. The zero-order valence-electron chi connectivity index (χ0n) is 17.4. The van der Waals surface area contributed by atoms with Gasteiger partial charge in [-0.1, -0.05) is 65.7 Å². The summed E-state index contributed by atoms with van der Waals surface area (Å²) in [4.78, 5) is 6.97. The minimum absolute atomic E-state index is 0.581. The summed E-state index contributed by atoms with van der Waals surface area (Å²) >= 11 is 13.1. The molecule has 3 rings (SSSR count). The van der Waals surface area contributed by atoms with Crippen LogP contribution in [0.25, 0.3) is 0 Å². The van der Waals surface area contributed by atoms with Gasteiger partial charge < -0.3 is 16.4 Å². The van der Waals surface area contributed by atoms with Crippen molar-refractivity contribution in [1.82, 2.24) is 4.90 Å². The summed E-state index contributed by atoms with van der Waals surface area (Å²) in [5, 5.41) is 2.19. The highest BCUT2D eigenvalue weighted by molar-refractivity contribution is 8.13. The Balaban J connectivity index is 0.000000297. The van der Waals surface area contributed by atoms with Crippen molar-refractivity contribution in [3.05, 3.63) is 69.7 Å². The molecule has 1 aliphatic heterocycles. The molecule has 0 bridgehead atoms. The van der Waals surface area contributed by atoms with E-state index < -0.39 is 0 Å². The zero-order valence-corrected chi connectivity index (χ0v) is 19.7. The number of piperidine rings is 1. The van der Waals surface area contributed by atoms with Crippen molar-refractivity contribution in [2.75, 3.05) is 25.4 Å². The van der Waals surface area contributed by atoms with E-state index in [0.717, 1.165) is 26.9 Å². The van der Waals surface area contributed by atoms with Crippen LogP contribution in [0.3, 0.4) is 0 Å². The first kappa shape index (κ1) is 25.0. The number of nitrogens with zero attached hydrogens (tertiary/aromatic N) is 2. The minimum atomic E-state index is 0.581. The van der Waals surface area contributed by atoms with Crippen molar-refractivity contribution in [3.8, 4) is 0 Å². The standard InChI is InChI=1S/C16H24ClN3S.C7H8ClN/c17-15-7-5-14(6-8-15)13-19-16(18)21-12-4-11-20-9-2-1-3-10-20;8-7-3-1-6(5-9)2-4-7/h5-8H,1-4,9-13H2,(H2,18,19);1-4H,5,9H2. The summed E-state index contributed by atoms with van der Waals surface area (Å²) in [6, 6.07) is 15.3. The van der Waals surface area contributed by atoms with Crippen LogP contribution < -0.4 is 11.5 Å². The second-order valence-corrected chi connectivity index (χ2v) is 9.20. The van der Waals surface area contributed by atoms with Crippen LogP contribution in [0.5, 0.6) is 0 Å². The molecule has 0 unspecified atom stereocenters. The van der Waals surface area contributed by atoms with Gasteiger partial charge in [-0.25, -0.2) is 0 Å². The largest absolute Gasteiger partial charge is 0.379 e. The van der Waals surface area contributed by atoms with Crippen molar-refractivity contribution >= 4 is 40.1 Å². The second-order valence-electron chi connectivity index (χ2n) is 7.22. The maximum Gasteiger partial charge on any atom is 0.154 e. The highest BCUT2D eigenvalue weighted by Gasteiger charge is 2.09. The van der Waals surface area contributed by atoms with E-state index in [1.54, 1.807) is 11.8 Å². The average molecular weight is 468 g/mol. The van der Waals surface area contributed by atoms with Crippen LogP contribution in [0, 0.1) is 0 Å². The van der Waals surface area contributed by atoms with Crippen LogP contribution in [0.15, 0.2) is 53.5 Å². The van der Waals surface area contributed by atoms with E-state index in [2.05, 4.69) is 9.89 Å². The number of amidine groups is 1. The van der Waals surface area contributed by atoms with E-state index >= 15 is 0 Å². The van der Waals surface area contributed by atoms with Gasteiger partial charge in [-0.3, -0.25) is 4.99 Å². The third kappa shape index (κ3) is 10.7. The van der Waals surface area contributed by atoms with Crippen LogP contribution in [-0.2, 0) is 13.1 Å². The zero-order chi connectivity index (χ0) is 21.6. The molecule has 0 saturated carbocycles. The maximum atomic E-state index is 5.94. The topological polar surface area (TPSA) is 67.6 Å².